The maximum absolute atomic E-state index is 11.6. The molecule has 0 saturated carbocycles. The van der Waals surface area contributed by atoms with Gasteiger partial charge in [0.25, 0.3) is 0 Å². The molecule has 0 aromatic rings. The molecule has 24 heavy (non-hydrogen) atoms. The van der Waals surface area contributed by atoms with Gasteiger partial charge in [0.05, 0.1) is 12.7 Å². The van der Waals surface area contributed by atoms with Crippen molar-refractivity contribution in [1.82, 2.24) is 0 Å². The summed E-state index contributed by atoms with van der Waals surface area (Å²) in [6, 6.07) is 0. The molecule has 4 heteroatoms. The van der Waals surface area contributed by atoms with Gasteiger partial charge in [0.2, 0.25) is 0 Å². The molecular weight excluding hydrogens is 304 g/mol. The molecule has 0 aliphatic carbocycles. The van der Waals surface area contributed by atoms with Gasteiger partial charge < -0.3 is 9.84 Å². The van der Waals surface area contributed by atoms with Crippen LogP contribution in [0.4, 0.5) is 0 Å². The summed E-state index contributed by atoms with van der Waals surface area (Å²) >= 11 is 0. The minimum absolute atomic E-state index is 0.106. The van der Waals surface area contributed by atoms with Crippen molar-refractivity contribution in [3.63, 3.8) is 0 Å². The SMILES string of the molecule is CCOC(=O)CCCCCCCCC(=O)C=CC=CC=CC(C)O. The highest BCUT2D eigenvalue weighted by atomic mass is 16.5. The normalized spacial score (nSPS) is 13.1. The van der Waals surface area contributed by atoms with Crippen LogP contribution in [0.15, 0.2) is 36.5 Å². The first-order chi connectivity index (χ1) is 11.6. The molecule has 0 amide bonds. The summed E-state index contributed by atoms with van der Waals surface area (Å²) in [7, 11) is 0. The van der Waals surface area contributed by atoms with E-state index in [1.54, 1.807) is 43.4 Å². The molecule has 0 aliphatic heterocycles. The van der Waals surface area contributed by atoms with E-state index in [-0.39, 0.29) is 11.8 Å². The van der Waals surface area contributed by atoms with E-state index in [1.165, 1.54) is 0 Å². The Bertz CT molecular complexity index is 419. The summed E-state index contributed by atoms with van der Waals surface area (Å²) in [5.74, 6) is 0.0340. The Kier molecular flexibility index (Phi) is 15.1. The van der Waals surface area contributed by atoms with Crippen molar-refractivity contribution >= 4 is 11.8 Å². The van der Waals surface area contributed by atoms with Gasteiger partial charge in [0.1, 0.15) is 0 Å². The number of allylic oxidation sites excluding steroid dienone is 5. The van der Waals surface area contributed by atoms with Gasteiger partial charge >= 0.3 is 5.97 Å². The Morgan fingerprint density at radius 3 is 2.12 bits per heavy atom. The van der Waals surface area contributed by atoms with Crippen molar-refractivity contribution in [2.24, 2.45) is 0 Å². The van der Waals surface area contributed by atoms with E-state index < -0.39 is 6.10 Å². The maximum Gasteiger partial charge on any atom is 0.305 e. The van der Waals surface area contributed by atoms with Crippen molar-refractivity contribution < 1.29 is 19.4 Å². The summed E-state index contributed by atoms with van der Waals surface area (Å²) in [6.07, 6.45) is 17.0. The summed E-state index contributed by atoms with van der Waals surface area (Å²) in [5, 5.41) is 9.02. The molecule has 0 fully saturated rings. The zero-order valence-corrected chi connectivity index (χ0v) is 15.1. The summed E-state index contributed by atoms with van der Waals surface area (Å²) in [4.78, 5) is 22.8. The van der Waals surface area contributed by atoms with E-state index in [4.69, 9.17) is 9.84 Å². The number of ketones is 1. The van der Waals surface area contributed by atoms with Crippen molar-refractivity contribution in [1.29, 1.82) is 0 Å². The van der Waals surface area contributed by atoms with Gasteiger partial charge in [-0.05, 0) is 32.8 Å². The molecule has 4 nitrogen and oxygen atoms in total. The van der Waals surface area contributed by atoms with Gasteiger partial charge in [-0.2, -0.15) is 0 Å². The second-order valence-electron chi connectivity index (χ2n) is 5.76. The molecule has 1 N–H and O–H groups in total. The lowest BCUT2D eigenvalue weighted by atomic mass is 10.1. The van der Waals surface area contributed by atoms with Crippen LogP contribution >= 0.6 is 0 Å². The fourth-order valence-corrected chi connectivity index (χ4v) is 2.11. The summed E-state index contributed by atoms with van der Waals surface area (Å²) < 4.78 is 4.88. The molecule has 0 aliphatic rings. The van der Waals surface area contributed by atoms with Gasteiger partial charge in [-0.1, -0.05) is 56.1 Å². The van der Waals surface area contributed by atoms with E-state index in [1.807, 2.05) is 6.92 Å². The second-order valence-corrected chi connectivity index (χ2v) is 5.76. The van der Waals surface area contributed by atoms with Crippen LogP contribution in [0.3, 0.4) is 0 Å². The summed E-state index contributed by atoms with van der Waals surface area (Å²) in [5.41, 5.74) is 0. The summed E-state index contributed by atoms with van der Waals surface area (Å²) in [6.45, 7) is 3.96. The Morgan fingerprint density at radius 2 is 1.50 bits per heavy atom. The van der Waals surface area contributed by atoms with E-state index in [0.29, 0.717) is 19.4 Å². The van der Waals surface area contributed by atoms with Crippen molar-refractivity contribution in [2.45, 2.75) is 71.3 Å². The fourth-order valence-electron chi connectivity index (χ4n) is 2.11. The van der Waals surface area contributed by atoms with E-state index in [2.05, 4.69) is 0 Å². The standard InChI is InChI=1S/C20H32O4/c1-3-24-20(23)17-13-7-5-4-6-11-15-19(22)16-12-9-8-10-14-18(2)21/h8-10,12,14,16,18,21H,3-7,11,13,15,17H2,1-2H3. The van der Waals surface area contributed by atoms with E-state index in [9.17, 15) is 9.59 Å². The first-order valence-electron chi connectivity index (χ1n) is 8.94. The van der Waals surface area contributed by atoms with E-state index >= 15 is 0 Å². The number of rotatable bonds is 14. The number of carbonyl (C=O) groups is 2. The third kappa shape index (κ3) is 16.7. The van der Waals surface area contributed by atoms with Gasteiger partial charge in [-0.25, -0.2) is 0 Å². The number of ether oxygens (including phenoxy) is 1. The number of aliphatic hydroxyl groups is 1. The Labute approximate surface area is 146 Å². The maximum atomic E-state index is 11.6. The van der Waals surface area contributed by atoms with Crippen molar-refractivity contribution in [3.05, 3.63) is 36.5 Å². The molecule has 0 spiro atoms. The molecule has 0 radical (unpaired) electrons. The third-order valence-corrected chi connectivity index (χ3v) is 3.36. The van der Waals surface area contributed by atoms with Gasteiger partial charge in [-0.15, -0.1) is 0 Å². The van der Waals surface area contributed by atoms with Crippen LogP contribution in [-0.4, -0.2) is 29.6 Å². The molecule has 0 aromatic carbocycles. The molecule has 0 saturated heterocycles. The van der Waals surface area contributed by atoms with Crippen molar-refractivity contribution in [2.75, 3.05) is 6.61 Å². The fraction of sp³-hybridized carbons (Fsp3) is 0.600. The molecule has 0 heterocycles. The topological polar surface area (TPSA) is 63.6 Å². The predicted octanol–water partition coefficient (Wildman–Crippen LogP) is 4.29. The predicted molar refractivity (Wildman–Crippen MR) is 97.7 cm³/mol. The zero-order chi connectivity index (χ0) is 18.0. The highest BCUT2D eigenvalue weighted by Crippen LogP contribution is 2.09. The smallest absolute Gasteiger partial charge is 0.305 e. The van der Waals surface area contributed by atoms with Crippen LogP contribution in [0.1, 0.15) is 65.2 Å². The molecule has 136 valence electrons. The average Bonchev–Trinajstić information content (AvgIpc) is 2.53. The van der Waals surface area contributed by atoms with Crippen LogP contribution < -0.4 is 0 Å². The van der Waals surface area contributed by atoms with Crippen LogP contribution in [0.5, 0.6) is 0 Å². The molecule has 0 bridgehead atoms. The van der Waals surface area contributed by atoms with Gasteiger partial charge in [0.15, 0.2) is 5.78 Å². The Balaban J connectivity index is 3.51. The highest BCUT2D eigenvalue weighted by molar-refractivity contribution is 5.89. The minimum Gasteiger partial charge on any atom is -0.466 e. The zero-order valence-electron chi connectivity index (χ0n) is 15.1. The number of carbonyl (C=O) groups excluding carboxylic acids is 2. The lowest BCUT2D eigenvalue weighted by Crippen LogP contribution is -2.03. The number of hydrogen-bond acceptors (Lipinski definition) is 4. The molecular formula is C20H32O4. The number of hydrogen-bond donors (Lipinski definition) is 1. The Hall–Kier alpha value is -1.68. The number of aliphatic hydroxyl groups excluding tert-OH is 1. The molecule has 0 aromatic heterocycles. The third-order valence-electron chi connectivity index (χ3n) is 3.36. The number of esters is 1. The molecule has 1 unspecified atom stereocenters. The van der Waals surface area contributed by atoms with Crippen molar-refractivity contribution in [3.8, 4) is 0 Å². The first kappa shape index (κ1) is 22.3. The molecule has 1 atom stereocenters. The second kappa shape index (κ2) is 16.2. The lowest BCUT2D eigenvalue weighted by molar-refractivity contribution is -0.143. The highest BCUT2D eigenvalue weighted by Gasteiger charge is 2.01. The van der Waals surface area contributed by atoms with Gasteiger partial charge in [-0.3, -0.25) is 9.59 Å². The average molecular weight is 336 g/mol. The monoisotopic (exact) mass is 336 g/mol. The van der Waals surface area contributed by atoms with Crippen LogP contribution in [0, 0.1) is 0 Å². The van der Waals surface area contributed by atoms with Crippen LogP contribution in [0.2, 0.25) is 0 Å². The quantitative estimate of drug-likeness (QED) is 0.222. The largest absolute Gasteiger partial charge is 0.466 e. The minimum atomic E-state index is -0.453. The lowest BCUT2D eigenvalue weighted by Gasteiger charge is -2.02. The van der Waals surface area contributed by atoms with Gasteiger partial charge in [0, 0.05) is 12.8 Å². The van der Waals surface area contributed by atoms with Crippen LogP contribution in [-0.2, 0) is 14.3 Å². The van der Waals surface area contributed by atoms with Crippen LogP contribution in [0.25, 0.3) is 0 Å². The Morgan fingerprint density at radius 1 is 0.917 bits per heavy atom. The number of unbranched alkanes of at least 4 members (excludes halogenated alkanes) is 5. The molecule has 0 rings (SSSR count). The first-order valence-corrected chi connectivity index (χ1v) is 8.94. The van der Waals surface area contributed by atoms with E-state index in [0.717, 1.165) is 38.5 Å².